The van der Waals surface area contributed by atoms with Gasteiger partial charge in [0.25, 0.3) is 5.91 Å². The van der Waals surface area contributed by atoms with Gasteiger partial charge in [0.05, 0.1) is 5.56 Å². The highest BCUT2D eigenvalue weighted by Crippen LogP contribution is 2.29. The van der Waals surface area contributed by atoms with Crippen molar-refractivity contribution in [1.29, 1.82) is 0 Å². The SMILES string of the molecule is Cc1cscc1C(=O)N1CCC(N)C(C)(C)C1.Cl. The summed E-state index contributed by atoms with van der Waals surface area (Å²) < 4.78 is 0. The van der Waals surface area contributed by atoms with Crippen molar-refractivity contribution in [3.8, 4) is 0 Å². The highest BCUT2D eigenvalue weighted by molar-refractivity contribution is 7.08. The molecule has 0 bridgehead atoms. The molecule has 1 unspecified atom stereocenters. The molecule has 0 saturated carbocycles. The zero-order valence-electron chi connectivity index (χ0n) is 11.1. The number of nitrogens with zero attached hydrogens (tertiary/aromatic N) is 1. The first-order valence-corrected chi connectivity index (χ1v) is 6.94. The molecule has 1 fully saturated rings. The van der Waals surface area contributed by atoms with E-state index in [-0.39, 0.29) is 29.8 Å². The molecule has 0 aliphatic carbocycles. The number of aryl methyl sites for hydroxylation is 1. The minimum atomic E-state index is 0. The average Bonchev–Trinajstić information content (AvgIpc) is 2.67. The smallest absolute Gasteiger partial charge is 0.254 e. The molecule has 1 saturated heterocycles. The monoisotopic (exact) mass is 288 g/mol. The van der Waals surface area contributed by atoms with Gasteiger partial charge in [-0.1, -0.05) is 13.8 Å². The van der Waals surface area contributed by atoms with E-state index in [1.807, 2.05) is 22.6 Å². The molecule has 18 heavy (non-hydrogen) atoms. The number of likely N-dealkylation sites (tertiary alicyclic amines) is 1. The van der Waals surface area contributed by atoms with Crippen LogP contribution in [0.5, 0.6) is 0 Å². The van der Waals surface area contributed by atoms with Crippen molar-refractivity contribution in [3.63, 3.8) is 0 Å². The highest BCUT2D eigenvalue weighted by atomic mass is 35.5. The number of piperidine rings is 1. The predicted octanol–water partition coefficient (Wildman–Crippen LogP) is 2.68. The Morgan fingerprint density at radius 2 is 2.17 bits per heavy atom. The molecule has 1 aromatic rings. The lowest BCUT2D eigenvalue weighted by Gasteiger charge is -2.42. The molecule has 102 valence electrons. The summed E-state index contributed by atoms with van der Waals surface area (Å²) in [5.74, 6) is 0.156. The van der Waals surface area contributed by atoms with Crippen LogP contribution in [0.3, 0.4) is 0 Å². The molecule has 0 radical (unpaired) electrons. The molecule has 1 atom stereocenters. The predicted molar refractivity (Wildman–Crippen MR) is 78.6 cm³/mol. The Balaban J connectivity index is 0.00000162. The van der Waals surface area contributed by atoms with Crippen LogP contribution >= 0.6 is 23.7 Å². The Morgan fingerprint density at radius 3 is 2.67 bits per heavy atom. The summed E-state index contributed by atoms with van der Waals surface area (Å²) in [4.78, 5) is 14.3. The molecule has 3 nitrogen and oxygen atoms in total. The van der Waals surface area contributed by atoms with Gasteiger partial charge in [0.2, 0.25) is 0 Å². The average molecular weight is 289 g/mol. The molecule has 1 aliphatic heterocycles. The number of hydrogen-bond acceptors (Lipinski definition) is 3. The summed E-state index contributed by atoms with van der Waals surface area (Å²) in [7, 11) is 0. The minimum absolute atomic E-state index is 0. The van der Waals surface area contributed by atoms with Gasteiger partial charge in [-0.05, 0) is 29.7 Å². The number of carbonyl (C=O) groups is 1. The van der Waals surface area contributed by atoms with Crippen LogP contribution in [0, 0.1) is 12.3 Å². The summed E-state index contributed by atoms with van der Waals surface area (Å²) in [6.07, 6.45) is 0.891. The van der Waals surface area contributed by atoms with Gasteiger partial charge in [-0.2, -0.15) is 11.3 Å². The maximum absolute atomic E-state index is 12.4. The van der Waals surface area contributed by atoms with Crippen molar-refractivity contribution in [2.24, 2.45) is 11.1 Å². The highest BCUT2D eigenvalue weighted by Gasteiger charge is 2.35. The first kappa shape index (κ1) is 15.5. The van der Waals surface area contributed by atoms with E-state index in [1.54, 1.807) is 11.3 Å². The van der Waals surface area contributed by atoms with Gasteiger partial charge in [-0.3, -0.25) is 4.79 Å². The third-order valence-electron chi connectivity index (χ3n) is 3.69. The van der Waals surface area contributed by atoms with Gasteiger partial charge < -0.3 is 10.6 Å². The molecule has 0 spiro atoms. The second-order valence-electron chi connectivity index (χ2n) is 5.58. The first-order chi connectivity index (χ1) is 7.92. The van der Waals surface area contributed by atoms with Crippen LogP contribution in [0.4, 0.5) is 0 Å². The Hall–Kier alpha value is -0.580. The van der Waals surface area contributed by atoms with Gasteiger partial charge in [0.1, 0.15) is 0 Å². The van der Waals surface area contributed by atoms with Gasteiger partial charge in [0.15, 0.2) is 0 Å². The molecule has 0 aromatic carbocycles. The van der Waals surface area contributed by atoms with Crippen LogP contribution in [0.15, 0.2) is 10.8 Å². The number of hydrogen-bond donors (Lipinski definition) is 1. The molecule has 2 rings (SSSR count). The van der Waals surface area contributed by atoms with E-state index in [0.717, 1.165) is 30.6 Å². The molecule has 2 heterocycles. The molecule has 5 heteroatoms. The number of rotatable bonds is 1. The van der Waals surface area contributed by atoms with Crippen molar-refractivity contribution in [2.45, 2.75) is 33.2 Å². The van der Waals surface area contributed by atoms with E-state index >= 15 is 0 Å². The lowest BCUT2D eigenvalue weighted by Crippen LogP contribution is -2.54. The largest absolute Gasteiger partial charge is 0.338 e. The summed E-state index contributed by atoms with van der Waals surface area (Å²) in [6, 6.07) is 0.190. The Bertz CT molecular complexity index is 430. The number of halogens is 1. The van der Waals surface area contributed by atoms with Crippen molar-refractivity contribution < 1.29 is 4.79 Å². The Kier molecular flexibility index (Phi) is 4.81. The summed E-state index contributed by atoms with van der Waals surface area (Å²) in [5, 5.41) is 3.97. The molecule has 2 N–H and O–H groups in total. The third kappa shape index (κ3) is 2.87. The zero-order chi connectivity index (χ0) is 12.6. The van der Waals surface area contributed by atoms with E-state index in [4.69, 9.17) is 5.73 Å². The first-order valence-electron chi connectivity index (χ1n) is 5.99. The number of carbonyl (C=O) groups excluding carboxylic acids is 1. The number of nitrogens with two attached hydrogens (primary N) is 1. The molecule has 1 aromatic heterocycles. The standard InChI is InChI=1S/C13H20N2OS.ClH/c1-9-6-17-7-10(9)12(16)15-5-4-11(14)13(2,3)8-15;/h6-7,11H,4-5,8,14H2,1-3H3;1H. The van der Waals surface area contributed by atoms with Gasteiger partial charge >= 0.3 is 0 Å². The Morgan fingerprint density at radius 1 is 1.50 bits per heavy atom. The lowest BCUT2D eigenvalue weighted by atomic mass is 9.79. The van der Waals surface area contributed by atoms with Crippen LogP contribution in [-0.2, 0) is 0 Å². The molecular weight excluding hydrogens is 268 g/mol. The van der Waals surface area contributed by atoms with Gasteiger partial charge in [0, 0.05) is 24.5 Å². The van der Waals surface area contributed by atoms with Crippen LogP contribution in [-0.4, -0.2) is 29.9 Å². The van der Waals surface area contributed by atoms with E-state index < -0.39 is 0 Å². The van der Waals surface area contributed by atoms with Crippen LogP contribution in [0.2, 0.25) is 0 Å². The Labute approximate surface area is 119 Å². The second-order valence-corrected chi connectivity index (χ2v) is 6.32. The van der Waals surface area contributed by atoms with Crippen LogP contribution < -0.4 is 5.73 Å². The quantitative estimate of drug-likeness (QED) is 0.864. The van der Waals surface area contributed by atoms with E-state index in [2.05, 4.69) is 13.8 Å². The van der Waals surface area contributed by atoms with Crippen molar-refractivity contribution in [3.05, 3.63) is 21.9 Å². The lowest BCUT2D eigenvalue weighted by molar-refractivity contribution is 0.0533. The molecule has 1 aliphatic rings. The van der Waals surface area contributed by atoms with E-state index in [9.17, 15) is 4.79 Å². The van der Waals surface area contributed by atoms with Gasteiger partial charge in [-0.25, -0.2) is 0 Å². The molecular formula is C13H21ClN2OS. The maximum Gasteiger partial charge on any atom is 0.254 e. The third-order valence-corrected chi connectivity index (χ3v) is 4.55. The van der Waals surface area contributed by atoms with E-state index in [1.165, 1.54) is 0 Å². The van der Waals surface area contributed by atoms with Crippen molar-refractivity contribution in [1.82, 2.24) is 4.90 Å². The second kappa shape index (κ2) is 5.59. The van der Waals surface area contributed by atoms with Crippen molar-refractivity contribution in [2.75, 3.05) is 13.1 Å². The zero-order valence-corrected chi connectivity index (χ0v) is 12.7. The number of thiophene rings is 1. The fraction of sp³-hybridized carbons (Fsp3) is 0.615. The summed E-state index contributed by atoms with van der Waals surface area (Å²) in [6.45, 7) is 7.79. The van der Waals surface area contributed by atoms with Crippen LogP contribution in [0.25, 0.3) is 0 Å². The fourth-order valence-electron chi connectivity index (χ4n) is 2.30. The van der Waals surface area contributed by atoms with Gasteiger partial charge in [-0.15, -0.1) is 12.4 Å². The van der Waals surface area contributed by atoms with Crippen LogP contribution in [0.1, 0.15) is 36.2 Å². The number of amides is 1. The summed E-state index contributed by atoms with van der Waals surface area (Å²) in [5.41, 5.74) is 8.02. The van der Waals surface area contributed by atoms with Crippen molar-refractivity contribution >= 4 is 29.7 Å². The maximum atomic E-state index is 12.4. The normalized spacial score (nSPS) is 22.4. The molecule has 1 amide bonds. The minimum Gasteiger partial charge on any atom is -0.338 e. The summed E-state index contributed by atoms with van der Waals surface area (Å²) >= 11 is 1.59. The topological polar surface area (TPSA) is 46.3 Å². The van der Waals surface area contributed by atoms with E-state index in [0.29, 0.717) is 0 Å². The fourth-order valence-corrected chi connectivity index (χ4v) is 3.12.